The van der Waals surface area contributed by atoms with Gasteiger partial charge in [-0.05, 0) is 13.2 Å². The van der Waals surface area contributed by atoms with Crippen molar-refractivity contribution in [2.24, 2.45) is 14.1 Å². The summed E-state index contributed by atoms with van der Waals surface area (Å²) in [6.07, 6.45) is 9.22. The molecule has 3 aromatic rings. The van der Waals surface area contributed by atoms with Crippen LogP contribution in [0, 0.1) is 6.20 Å². The summed E-state index contributed by atoms with van der Waals surface area (Å²) in [6.45, 7) is 0. The molecule has 19 heavy (non-hydrogen) atoms. The van der Waals surface area contributed by atoms with Crippen LogP contribution in [0.5, 0.6) is 0 Å². The van der Waals surface area contributed by atoms with E-state index in [4.69, 9.17) is 0 Å². The molecule has 0 fully saturated rings. The number of benzene rings is 1. The molecule has 4 heteroatoms. The van der Waals surface area contributed by atoms with E-state index in [0.717, 1.165) is 16.8 Å². The van der Waals surface area contributed by atoms with Crippen LogP contribution >= 0.6 is 0 Å². The van der Waals surface area contributed by atoms with Gasteiger partial charge in [-0.3, -0.25) is 4.98 Å². The predicted octanol–water partition coefficient (Wildman–Crippen LogP) is 2.89. The Morgan fingerprint density at radius 3 is 2.42 bits per heavy atom. The van der Waals surface area contributed by atoms with Crippen molar-refractivity contribution in [1.29, 1.82) is 0 Å². The summed E-state index contributed by atoms with van der Waals surface area (Å²) in [4.78, 5) is 4.40. The van der Waals surface area contributed by atoms with Crippen LogP contribution in [0.1, 0.15) is 0 Å². The zero-order valence-electron chi connectivity index (χ0n) is 10.8. The van der Waals surface area contributed by atoms with E-state index in [2.05, 4.69) is 29.5 Å². The van der Waals surface area contributed by atoms with Gasteiger partial charge in [0.1, 0.15) is 0 Å². The fourth-order valence-corrected chi connectivity index (χ4v) is 2.10. The SMILES string of the molecule is Cn1[c-]c(-c2cn(C)cn2)c(-c2ccccc2)c1.[Ir]. The molecule has 0 atom stereocenters. The van der Waals surface area contributed by atoms with E-state index in [1.807, 2.05) is 54.0 Å². The number of imidazole rings is 1. The molecule has 99 valence electrons. The molecular weight excluding hydrogens is 414 g/mol. The van der Waals surface area contributed by atoms with E-state index in [0.29, 0.717) is 0 Å². The van der Waals surface area contributed by atoms with Crippen LogP contribution < -0.4 is 0 Å². The minimum absolute atomic E-state index is 0. The first-order valence-corrected chi connectivity index (χ1v) is 5.86. The number of hydrogen-bond donors (Lipinski definition) is 0. The van der Waals surface area contributed by atoms with Gasteiger partial charge in [0.2, 0.25) is 0 Å². The first kappa shape index (κ1) is 13.8. The van der Waals surface area contributed by atoms with Gasteiger partial charge in [-0.2, -0.15) is 0 Å². The van der Waals surface area contributed by atoms with Gasteiger partial charge < -0.3 is 9.13 Å². The molecule has 3 rings (SSSR count). The molecule has 1 aromatic carbocycles. The van der Waals surface area contributed by atoms with Gasteiger partial charge in [-0.25, -0.2) is 0 Å². The molecule has 0 N–H and O–H groups in total. The third kappa shape index (κ3) is 2.70. The van der Waals surface area contributed by atoms with Crippen LogP contribution in [0.4, 0.5) is 0 Å². The Morgan fingerprint density at radius 1 is 1.05 bits per heavy atom. The fourth-order valence-electron chi connectivity index (χ4n) is 2.10. The van der Waals surface area contributed by atoms with Crippen molar-refractivity contribution in [3.8, 4) is 22.4 Å². The number of rotatable bonds is 2. The van der Waals surface area contributed by atoms with Crippen LogP contribution in [0.25, 0.3) is 22.4 Å². The summed E-state index contributed by atoms with van der Waals surface area (Å²) in [5.74, 6) is 0. The Kier molecular flexibility index (Phi) is 4.03. The molecule has 0 aliphatic heterocycles. The van der Waals surface area contributed by atoms with E-state index < -0.39 is 0 Å². The molecule has 2 heterocycles. The average Bonchev–Trinajstić information content (AvgIpc) is 2.96. The van der Waals surface area contributed by atoms with E-state index >= 15 is 0 Å². The van der Waals surface area contributed by atoms with Crippen molar-refractivity contribution in [3.63, 3.8) is 0 Å². The summed E-state index contributed by atoms with van der Waals surface area (Å²) in [5, 5.41) is 0. The average molecular weight is 429 g/mol. The van der Waals surface area contributed by atoms with Gasteiger partial charge in [-0.1, -0.05) is 42.1 Å². The number of aromatic nitrogens is 3. The first-order valence-electron chi connectivity index (χ1n) is 5.86. The molecule has 2 aromatic heterocycles. The molecule has 0 saturated carbocycles. The minimum Gasteiger partial charge on any atom is -0.442 e. The second-order valence-electron chi connectivity index (χ2n) is 4.43. The molecule has 0 saturated heterocycles. The Labute approximate surface area is 126 Å². The summed E-state index contributed by atoms with van der Waals surface area (Å²) >= 11 is 0. The predicted molar refractivity (Wildman–Crippen MR) is 71.9 cm³/mol. The second-order valence-corrected chi connectivity index (χ2v) is 4.43. The number of aryl methyl sites for hydroxylation is 2. The Morgan fingerprint density at radius 2 is 1.79 bits per heavy atom. The minimum atomic E-state index is 0. The quantitative estimate of drug-likeness (QED) is 0.576. The van der Waals surface area contributed by atoms with E-state index in [1.54, 1.807) is 0 Å². The number of nitrogens with zero attached hydrogens (tertiary/aromatic N) is 3. The molecular formula is C15H14IrN3-. The zero-order chi connectivity index (χ0) is 12.5. The van der Waals surface area contributed by atoms with Crippen LogP contribution in [0.2, 0.25) is 0 Å². The maximum Gasteiger partial charge on any atom is 0.0835 e. The van der Waals surface area contributed by atoms with Gasteiger partial charge >= 0.3 is 0 Å². The fraction of sp³-hybridized carbons (Fsp3) is 0.133. The van der Waals surface area contributed by atoms with Crippen molar-refractivity contribution in [1.82, 2.24) is 14.1 Å². The zero-order valence-corrected chi connectivity index (χ0v) is 13.2. The van der Waals surface area contributed by atoms with Crippen LogP contribution in [-0.4, -0.2) is 14.1 Å². The third-order valence-electron chi connectivity index (χ3n) is 2.93. The van der Waals surface area contributed by atoms with Crippen LogP contribution in [0.3, 0.4) is 0 Å². The summed E-state index contributed by atoms with van der Waals surface area (Å²) < 4.78 is 3.90. The third-order valence-corrected chi connectivity index (χ3v) is 2.93. The standard InChI is InChI=1S/C15H14N3.Ir/c1-17-8-13(12-6-4-3-5-7-12)14(9-17)15-10-18(2)11-16-15;/h3-8,10-11H,1-2H3;/q-1;. The molecule has 0 bridgehead atoms. The van der Waals surface area contributed by atoms with Crippen LogP contribution in [0.15, 0.2) is 49.1 Å². The van der Waals surface area contributed by atoms with Gasteiger partial charge in [0.15, 0.2) is 0 Å². The summed E-state index contributed by atoms with van der Waals surface area (Å²) in [6, 6.07) is 10.3. The molecule has 0 aliphatic carbocycles. The van der Waals surface area contributed by atoms with E-state index in [-0.39, 0.29) is 20.1 Å². The van der Waals surface area contributed by atoms with Crippen molar-refractivity contribution < 1.29 is 20.1 Å². The van der Waals surface area contributed by atoms with Crippen molar-refractivity contribution in [2.75, 3.05) is 0 Å². The normalized spacial score (nSPS) is 10.2. The van der Waals surface area contributed by atoms with Gasteiger partial charge in [0, 0.05) is 32.8 Å². The maximum absolute atomic E-state index is 4.40. The Hall–Kier alpha value is -1.64. The molecule has 0 spiro atoms. The van der Waals surface area contributed by atoms with Gasteiger partial charge in [0.05, 0.1) is 6.33 Å². The van der Waals surface area contributed by atoms with Gasteiger partial charge in [0.25, 0.3) is 0 Å². The molecule has 0 amide bonds. The van der Waals surface area contributed by atoms with Gasteiger partial charge in [-0.15, -0.1) is 17.3 Å². The molecule has 3 nitrogen and oxygen atoms in total. The van der Waals surface area contributed by atoms with Crippen molar-refractivity contribution in [2.45, 2.75) is 0 Å². The molecule has 1 radical (unpaired) electrons. The Balaban J connectivity index is 0.00000133. The van der Waals surface area contributed by atoms with E-state index in [1.165, 1.54) is 5.56 Å². The van der Waals surface area contributed by atoms with Crippen molar-refractivity contribution >= 4 is 0 Å². The largest absolute Gasteiger partial charge is 0.442 e. The monoisotopic (exact) mass is 429 g/mol. The number of hydrogen-bond acceptors (Lipinski definition) is 1. The first-order chi connectivity index (χ1) is 8.74. The molecule has 0 aliphatic rings. The summed E-state index contributed by atoms with van der Waals surface area (Å²) in [7, 11) is 3.96. The summed E-state index contributed by atoms with van der Waals surface area (Å²) in [5.41, 5.74) is 4.35. The molecule has 0 unspecified atom stereocenters. The maximum atomic E-state index is 4.40. The smallest absolute Gasteiger partial charge is 0.0835 e. The Bertz CT molecular complexity index is 668. The topological polar surface area (TPSA) is 22.8 Å². The second kappa shape index (κ2) is 5.55. The van der Waals surface area contributed by atoms with Crippen LogP contribution in [-0.2, 0) is 34.2 Å². The van der Waals surface area contributed by atoms with E-state index in [9.17, 15) is 0 Å². The van der Waals surface area contributed by atoms with Crippen molar-refractivity contribution in [3.05, 3.63) is 55.2 Å².